The number of hydrogen-bond acceptors (Lipinski definition) is 4. The number of thiophene rings is 1. The minimum Gasteiger partial charge on any atom is -0.469 e. The highest BCUT2D eigenvalue weighted by Gasteiger charge is 2.26. The third-order valence-electron chi connectivity index (χ3n) is 3.33. The Balaban J connectivity index is 1.86. The summed E-state index contributed by atoms with van der Waals surface area (Å²) in [5.74, 6) is -0.289. The summed E-state index contributed by atoms with van der Waals surface area (Å²) in [5.41, 5.74) is 0. The van der Waals surface area contributed by atoms with Crippen molar-refractivity contribution in [3.63, 3.8) is 0 Å². The Bertz CT molecular complexity index is 518. The quantitative estimate of drug-likeness (QED) is 0.637. The lowest BCUT2D eigenvalue weighted by Crippen LogP contribution is -2.39. The first-order valence-electron chi connectivity index (χ1n) is 6.40. The van der Waals surface area contributed by atoms with Crippen molar-refractivity contribution in [3.8, 4) is 0 Å². The van der Waals surface area contributed by atoms with Crippen LogP contribution in [-0.4, -0.2) is 37.0 Å². The number of amides is 1. The molecule has 4 nitrogen and oxygen atoms in total. The molecule has 1 aromatic rings. The zero-order valence-corrected chi connectivity index (χ0v) is 12.7. The summed E-state index contributed by atoms with van der Waals surface area (Å²) in [7, 11) is 1.40. The Labute approximate surface area is 127 Å². The molecule has 2 heterocycles. The van der Waals surface area contributed by atoms with E-state index in [4.69, 9.17) is 16.3 Å². The molecule has 6 heteroatoms. The normalized spacial score (nSPS) is 16.6. The fourth-order valence-corrected chi connectivity index (χ4v) is 3.14. The first-order chi connectivity index (χ1) is 9.60. The van der Waals surface area contributed by atoms with E-state index in [0.717, 1.165) is 4.88 Å². The summed E-state index contributed by atoms with van der Waals surface area (Å²) in [6.07, 6.45) is 4.65. The number of carbonyl (C=O) groups excluding carboxylic acids is 2. The van der Waals surface area contributed by atoms with Crippen molar-refractivity contribution < 1.29 is 14.3 Å². The minimum atomic E-state index is -0.180. The predicted octanol–water partition coefficient (Wildman–Crippen LogP) is 2.83. The standard InChI is InChI=1S/C14H16ClNO3S/c1-19-14(18)10-6-8-16(9-7-10)13(17)5-3-11-2-4-12(15)20-11/h2-5,10H,6-9H2,1H3/b5-3+. The molecule has 0 saturated carbocycles. The second-order valence-electron chi connectivity index (χ2n) is 4.60. The molecule has 0 aliphatic carbocycles. The molecule has 2 rings (SSSR count). The minimum absolute atomic E-state index is 0.0298. The van der Waals surface area contributed by atoms with Crippen molar-refractivity contribution in [1.82, 2.24) is 4.90 Å². The zero-order chi connectivity index (χ0) is 14.5. The molecular weight excluding hydrogens is 298 g/mol. The van der Waals surface area contributed by atoms with Gasteiger partial charge in [0, 0.05) is 24.0 Å². The van der Waals surface area contributed by atoms with Crippen molar-refractivity contribution in [2.75, 3.05) is 20.2 Å². The van der Waals surface area contributed by atoms with E-state index in [0.29, 0.717) is 30.3 Å². The fraction of sp³-hybridized carbons (Fsp3) is 0.429. The van der Waals surface area contributed by atoms with E-state index in [1.54, 1.807) is 23.1 Å². The Morgan fingerprint density at radius 1 is 1.40 bits per heavy atom. The van der Waals surface area contributed by atoms with Crippen molar-refractivity contribution in [3.05, 3.63) is 27.4 Å². The van der Waals surface area contributed by atoms with Gasteiger partial charge in [-0.3, -0.25) is 9.59 Å². The summed E-state index contributed by atoms with van der Waals surface area (Å²) in [4.78, 5) is 26.1. The predicted molar refractivity (Wildman–Crippen MR) is 79.7 cm³/mol. The van der Waals surface area contributed by atoms with Crippen LogP contribution in [0, 0.1) is 5.92 Å². The van der Waals surface area contributed by atoms with Gasteiger partial charge in [-0.2, -0.15) is 0 Å². The molecule has 0 atom stereocenters. The topological polar surface area (TPSA) is 46.6 Å². The van der Waals surface area contributed by atoms with Crippen LogP contribution >= 0.6 is 22.9 Å². The van der Waals surface area contributed by atoms with Gasteiger partial charge in [0.25, 0.3) is 0 Å². The van der Waals surface area contributed by atoms with Gasteiger partial charge in [-0.05, 0) is 31.1 Å². The lowest BCUT2D eigenvalue weighted by Gasteiger charge is -2.29. The summed E-state index contributed by atoms with van der Waals surface area (Å²) < 4.78 is 5.43. The lowest BCUT2D eigenvalue weighted by molar-refractivity contribution is -0.148. The Hall–Kier alpha value is -1.33. The van der Waals surface area contributed by atoms with E-state index >= 15 is 0 Å². The third kappa shape index (κ3) is 3.84. The number of methoxy groups -OCH3 is 1. The molecule has 1 aliphatic heterocycles. The Morgan fingerprint density at radius 3 is 2.65 bits per heavy atom. The second kappa shape index (κ2) is 6.90. The number of piperidine rings is 1. The van der Waals surface area contributed by atoms with Gasteiger partial charge in [-0.25, -0.2) is 0 Å². The molecule has 0 spiro atoms. The molecule has 1 aromatic heterocycles. The molecule has 0 aromatic carbocycles. The number of halogens is 1. The van der Waals surface area contributed by atoms with Crippen molar-refractivity contribution in [1.29, 1.82) is 0 Å². The third-order valence-corrected chi connectivity index (χ3v) is 4.52. The van der Waals surface area contributed by atoms with Gasteiger partial charge in [0.2, 0.25) is 5.91 Å². The SMILES string of the molecule is COC(=O)C1CCN(C(=O)/C=C/c2ccc(Cl)s2)CC1. The summed E-state index contributed by atoms with van der Waals surface area (Å²) in [6.45, 7) is 1.18. The monoisotopic (exact) mass is 313 g/mol. The van der Waals surface area contributed by atoms with Crippen LogP contribution in [0.5, 0.6) is 0 Å². The van der Waals surface area contributed by atoms with Gasteiger partial charge in [-0.15, -0.1) is 11.3 Å². The molecule has 1 aliphatic rings. The average molecular weight is 314 g/mol. The maximum Gasteiger partial charge on any atom is 0.308 e. The van der Waals surface area contributed by atoms with Crippen LogP contribution in [0.15, 0.2) is 18.2 Å². The molecule has 0 radical (unpaired) electrons. The number of rotatable bonds is 3. The van der Waals surface area contributed by atoms with E-state index in [-0.39, 0.29) is 17.8 Å². The summed E-state index contributed by atoms with van der Waals surface area (Å²) >= 11 is 7.26. The van der Waals surface area contributed by atoms with Crippen LogP contribution in [0.3, 0.4) is 0 Å². The number of likely N-dealkylation sites (tertiary alicyclic amines) is 1. The van der Waals surface area contributed by atoms with Crippen LogP contribution in [0.4, 0.5) is 0 Å². The first-order valence-corrected chi connectivity index (χ1v) is 7.59. The van der Waals surface area contributed by atoms with E-state index in [9.17, 15) is 9.59 Å². The lowest BCUT2D eigenvalue weighted by atomic mass is 9.97. The van der Waals surface area contributed by atoms with Gasteiger partial charge in [0.05, 0.1) is 17.4 Å². The van der Waals surface area contributed by atoms with Crippen LogP contribution < -0.4 is 0 Å². The van der Waals surface area contributed by atoms with Gasteiger partial charge in [0.15, 0.2) is 0 Å². The number of nitrogens with zero attached hydrogens (tertiary/aromatic N) is 1. The average Bonchev–Trinajstić information content (AvgIpc) is 2.89. The molecular formula is C14H16ClNO3S. The number of ether oxygens (including phenoxy) is 1. The van der Waals surface area contributed by atoms with Crippen LogP contribution in [0.2, 0.25) is 4.34 Å². The fourth-order valence-electron chi connectivity index (χ4n) is 2.18. The van der Waals surface area contributed by atoms with Crippen LogP contribution in [-0.2, 0) is 14.3 Å². The number of esters is 1. The highest BCUT2D eigenvalue weighted by atomic mass is 35.5. The van der Waals surface area contributed by atoms with E-state index in [1.807, 2.05) is 6.07 Å². The number of hydrogen-bond donors (Lipinski definition) is 0. The largest absolute Gasteiger partial charge is 0.469 e. The molecule has 0 N–H and O–H groups in total. The number of carbonyl (C=O) groups is 2. The highest BCUT2D eigenvalue weighted by molar-refractivity contribution is 7.17. The molecule has 1 saturated heterocycles. The zero-order valence-electron chi connectivity index (χ0n) is 11.2. The molecule has 108 valence electrons. The van der Waals surface area contributed by atoms with Gasteiger partial charge in [-0.1, -0.05) is 11.6 Å². The molecule has 20 heavy (non-hydrogen) atoms. The highest BCUT2D eigenvalue weighted by Crippen LogP contribution is 2.23. The second-order valence-corrected chi connectivity index (χ2v) is 6.34. The molecule has 0 unspecified atom stereocenters. The van der Waals surface area contributed by atoms with Crippen molar-refractivity contribution >= 4 is 40.9 Å². The van der Waals surface area contributed by atoms with Gasteiger partial charge in [0.1, 0.15) is 0 Å². The summed E-state index contributed by atoms with van der Waals surface area (Å²) in [6, 6.07) is 3.68. The summed E-state index contributed by atoms with van der Waals surface area (Å²) in [5, 5.41) is 0. The maximum absolute atomic E-state index is 12.0. The first kappa shape index (κ1) is 15.1. The maximum atomic E-state index is 12.0. The van der Waals surface area contributed by atoms with E-state index in [1.165, 1.54) is 18.4 Å². The van der Waals surface area contributed by atoms with Gasteiger partial charge >= 0.3 is 5.97 Å². The Kier molecular flexibility index (Phi) is 5.20. The van der Waals surface area contributed by atoms with E-state index in [2.05, 4.69) is 0 Å². The van der Waals surface area contributed by atoms with Crippen molar-refractivity contribution in [2.24, 2.45) is 5.92 Å². The van der Waals surface area contributed by atoms with Crippen LogP contribution in [0.25, 0.3) is 6.08 Å². The Morgan fingerprint density at radius 2 is 2.10 bits per heavy atom. The molecule has 1 fully saturated rings. The van der Waals surface area contributed by atoms with Gasteiger partial charge < -0.3 is 9.64 Å². The van der Waals surface area contributed by atoms with Crippen molar-refractivity contribution in [2.45, 2.75) is 12.8 Å². The van der Waals surface area contributed by atoms with Crippen LogP contribution in [0.1, 0.15) is 17.7 Å². The molecule has 1 amide bonds. The smallest absolute Gasteiger partial charge is 0.308 e. The molecule has 0 bridgehead atoms. The van der Waals surface area contributed by atoms with E-state index < -0.39 is 0 Å².